The standard InChI is InChI=1S/C24H24N2O6S2/c27-21(28)13-32-19-12-20(34-22(19)23(29)30)15-5-4-8-18(11-15)26(17-6-2-1-3-7-17)24(31)25-16-9-10-33-14-16/h4-5,8-12,14,17H,1-3,6-7,13H2,(H,25,31)(H,27,28)(H,29,30). The summed E-state index contributed by atoms with van der Waals surface area (Å²) in [6.45, 7) is -0.630. The van der Waals surface area contributed by atoms with Crippen molar-refractivity contribution in [2.24, 2.45) is 0 Å². The number of ether oxygens (including phenoxy) is 1. The Morgan fingerprint density at radius 3 is 2.56 bits per heavy atom. The summed E-state index contributed by atoms with van der Waals surface area (Å²) < 4.78 is 5.19. The van der Waals surface area contributed by atoms with Crippen molar-refractivity contribution in [3.8, 4) is 16.2 Å². The molecule has 1 aliphatic rings. The van der Waals surface area contributed by atoms with Crippen LogP contribution in [0.3, 0.4) is 0 Å². The van der Waals surface area contributed by atoms with Crippen molar-refractivity contribution in [2.75, 3.05) is 16.8 Å². The van der Waals surface area contributed by atoms with Crippen LogP contribution >= 0.6 is 22.7 Å². The lowest BCUT2D eigenvalue weighted by molar-refractivity contribution is -0.139. The van der Waals surface area contributed by atoms with Crippen LogP contribution < -0.4 is 15.0 Å². The first-order chi connectivity index (χ1) is 16.4. The number of carbonyl (C=O) groups is 3. The van der Waals surface area contributed by atoms with Crippen molar-refractivity contribution in [3.63, 3.8) is 0 Å². The van der Waals surface area contributed by atoms with Gasteiger partial charge in [-0.05, 0) is 48.1 Å². The third-order valence-corrected chi connectivity index (χ3v) is 7.42. The molecule has 3 N–H and O–H groups in total. The first-order valence-electron chi connectivity index (χ1n) is 10.9. The minimum Gasteiger partial charge on any atom is -0.480 e. The van der Waals surface area contributed by atoms with Gasteiger partial charge in [0.25, 0.3) is 0 Å². The molecule has 0 spiro atoms. The zero-order valence-corrected chi connectivity index (χ0v) is 19.9. The Bertz CT molecular complexity index is 1170. The number of benzene rings is 1. The number of aliphatic carboxylic acids is 1. The highest BCUT2D eigenvalue weighted by Gasteiger charge is 2.28. The van der Waals surface area contributed by atoms with Crippen molar-refractivity contribution in [1.29, 1.82) is 0 Å². The molecule has 2 amide bonds. The van der Waals surface area contributed by atoms with E-state index < -0.39 is 18.5 Å². The predicted octanol–water partition coefficient (Wildman–Crippen LogP) is 6.01. The number of carbonyl (C=O) groups excluding carboxylic acids is 1. The van der Waals surface area contributed by atoms with Gasteiger partial charge in [-0.15, -0.1) is 11.3 Å². The molecule has 1 saturated carbocycles. The lowest BCUT2D eigenvalue weighted by Gasteiger charge is -2.34. The summed E-state index contributed by atoms with van der Waals surface area (Å²) in [5.74, 6) is -2.36. The summed E-state index contributed by atoms with van der Waals surface area (Å²) in [6.07, 6.45) is 5.10. The van der Waals surface area contributed by atoms with Crippen molar-refractivity contribution >= 4 is 52.0 Å². The monoisotopic (exact) mass is 500 g/mol. The van der Waals surface area contributed by atoms with Crippen LogP contribution in [-0.4, -0.2) is 40.8 Å². The number of amides is 2. The first-order valence-corrected chi connectivity index (χ1v) is 12.6. The third-order valence-electron chi connectivity index (χ3n) is 5.58. The molecule has 1 aliphatic carbocycles. The normalized spacial score (nSPS) is 13.9. The number of thiophene rings is 2. The summed E-state index contributed by atoms with van der Waals surface area (Å²) in [5, 5.41) is 25.2. The van der Waals surface area contributed by atoms with Gasteiger partial charge in [-0.2, -0.15) is 11.3 Å². The molecule has 10 heteroatoms. The van der Waals surface area contributed by atoms with Crippen LogP contribution in [0.1, 0.15) is 41.8 Å². The second-order valence-electron chi connectivity index (χ2n) is 7.95. The summed E-state index contributed by atoms with van der Waals surface area (Å²) in [4.78, 5) is 38.2. The van der Waals surface area contributed by atoms with E-state index in [9.17, 15) is 19.5 Å². The number of aromatic carboxylic acids is 1. The number of urea groups is 1. The van der Waals surface area contributed by atoms with E-state index in [1.165, 1.54) is 17.4 Å². The van der Waals surface area contributed by atoms with Crippen LogP contribution in [0.5, 0.6) is 5.75 Å². The van der Waals surface area contributed by atoms with E-state index in [0.717, 1.165) is 60.4 Å². The average molecular weight is 501 g/mol. The van der Waals surface area contributed by atoms with Crippen molar-refractivity contribution in [3.05, 3.63) is 52.0 Å². The molecule has 3 aromatic rings. The van der Waals surface area contributed by atoms with Gasteiger partial charge in [-0.3, -0.25) is 4.90 Å². The van der Waals surface area contributed by atoms with Gasteiger partial charge in [-0.1, -0.05) is 31.4 Å². The molecule has 2 heterocycles. The molecule has 34 heavy (non-hydrogen) atoms. The SMILES string of the molecule is O=C(O)COc1cc(-c2cccc(N(C(=O)Nc3ccsc3)C3CCCCC3)c2)sc1C(=O)O. The molecule has 0 aliphatic heterocycles. The summed E-state index contributed by atoms with van der Waals surface area (Å²) in [5.41, 5.74) is 2.19. The highest BCUT2D eigenvalue weighted by molar-refractivity contribution is 7.17. The van der Waals surface area contributed by atoms with E-state index in [4.69, 9.17) is 9.84 Å². The second-order valence-corrected chi connectivity index (χ2v) is 9.78. The maximum Gasteiger partial charge on any atom is 0.349 e. The summed E-state index contributed by atoms with van der Waals surface area (Å²) in [6, 6.07) is 10.6. The average Bonchev–Trinajstić information content (AvgIpc) is 3.49. The molecule has 0 atom stereocenters. The first kappa shape index (κ1) is 23.8. The van der Waals surface area contributed by atoms with Crippen molar-refractivity contribution in [2.45, 2.75) is 38.1 Å². The predicted molar refractivity (Wildman–Crippen MR) is 133 cm³/mol. The van der Waals surface area contributed by atoms with Gasteiger partial charge >= 0.3 is 18.0 Å². The topological polar surface area (TPSA) is 116 Å². The molecule has 1 aromatic carbocycles. The lowest BCUT2D eigenvalue weighted by atomic mass is 9.94. The molecule has 178 valence electrons. The molecular weight excluding hydrogens is 476 g/mol. The number of nitrogens with one attached hydrogen (secondary N) is 1. The van der Waals surface area contributed by atoms with E-state index in [-0.39, 0.29) is 22.7 Å². The highest BCUT2D eigenvalue weighted by atomic mass is 32.1. The van der Waals surface area contributed by atoms with Crippen LogP contribution in [0.25, 0.3) is 10.4 Å². The Morgan fingerprint density at radius 1 is 1.09 bits per heavy atom. The fourth-order valence-electron chi connectivity index (χ4n) is 4.07. The number of anilines is 2. The molecule has 8 nitrogen and oxygen atoms in total. The number of nitrogens with zero attached hydrogens (tertiary/aromatic N) is 1. The Labute approximate surface area is 204 Å². The molecule has 4 rings (SSSR count). The van der Waals surface area contributed by atoms with Crippen LogP contribution in [0.4, 0.5) is 16.2 Å². The van der Waals surface area contributed by atoms with Crippen molar-refractivity contribution < 1.29 is 29.3 Å². The minimum atomic E-state index is -1.19. The Balaban J connectivity index is 1.66. The van der Waals surface area contributed by atoms with E-state index in [2.05, 4.69) is 5.32 Å². The van der Waals surface area contributed by atoms with Gasteiger partial charge in [0.2, 0.25) is 0 Å². The van der Waals surface area contributed by atoms with Crippen LogP contribution in [-0.2, 0) is 4.79 Å². The van der Waals surface area contributed by atoms with E-state index in [0.29, 0.717) is 4.88 Å². The molecule has 2 aromatic heterocycles. The molecular formula is C24H24N2O6S2. The Kier molecular flexibility index (Phi) is 7.49. The van der Waals surface area contributed by atoms with Gasteiger partial charge in [0.1, 0.15) is 5.75 Å². The van der Waals surface area contributed by atoms with Gasteiger partial charge in [0, 0.05) is 22.0 Å². The maximum atomic E-state index is 13.3. The number of carboxylic acid groups (broad SMARTS) is 2. The fourth-order valence-corrected chi connectivity index (χ4v) is 5.60. The second kappa shape index (κ2) is 10.7. The van der Waals surface area contributed by atoms with Crippen molar-refractivity contribution in [1.82, 2.24) is 0 Å². The zero-order chi connectivity index (χ0) is 24.1. The lowest BCUT2D eigenvalue weighted by Crippen LogP contribution is -2.44. The molecule has 0 saturated heterocycles. The van der Waals surface area contributed by atoms with E-state index in [1.807, 2.05) is 41.1 Å². The molecule has 0 bridgehead atoms. The van der Waals surface area contributed by atoms with E-state index in [1.54, 1.807) is 4.90 Å². The van der Waals surface area contributed by atoms with Crippen LogP contribution in [0.15, 0.2) is 47.2 Å². The number of hydrogen-bond donors (Lipinski definition) is 3. The molecule has 0 unspecified atom stereocenters. The van der Waals surface area contributed by atoms with Gasteiger partial charge in [-0.25, -0.2) is 14.4 Å². The highest BCUT2D eigenvalue weighted by Crippen LogP contribution is 2.38. The minimum absolute atomic E-state index is 0.0136. The van der Waals surface area contributed by atoms with Gasteiger partial charge < -0.3 is 20.3 Å². The third kappa shape index (κ3) is 5.57. The van der Waals surface area contributed by atoms with Crippen LogP contribution in [0, 0.1) is 0 Å². The molecule has 1 fully saturated rings. The fraction of sp³-hybridized carbons (Fsp3) is 0.292. The Morgan fingerprint density at radius 2 is 1.88 bits per heavy atom. The summed E-state index contributed by atoms with van der Waals surface area (Å²) >= 11 is 2.51. The zero-order valence-electron chi connectivity index (χ0n) is 18.2. The largest absolute Gasteiger partial charge is 0.480 e. The number of rotatable bonds is 8. The van der Waals surface area contributed by atoms with Crippen LogP contribution in [0.2, 0.25) is 0 Å². The number of carboxylic acids is 2. The smallest absolute Gasteiger partial charge is 0.349 e. The quantitative estimate of drug-likeness (QED) is 0.349. The van der Waals surface area contributed by atoms with Gasteiger partial charge in [0.15, 0.2) is 11.5 Å². The Hall–Kier alpha value is -3.37. The van der Waals surface area contributed by atoms with E-state index >= 15 is 0 Å². The molecule has 0 radical (unpaired) electrons. The van der Waals surface area contributed by atoms with Gasteiger partial charge in [0.05, 0.1) is 5.69 Å². The number of hydrogen-bond acceptors (Lipinski definition) is 6. The summed E-state index contributed by atoms with van der Waals surface area (Å²) in [7, 11) is 0. The maximum absolute atomic E-state index is 13.3.